The van der Waals surface area contributed by atoms with E-state index in [1.807, 2.05) is 13.8 Å². The lowest BCUT2D eigenvalue weighted by molar-refractivity contribution is 0.277. The predicted molar refractivity (Wildman–Crippen MR) is 74.5 cm³/mol. The Morgan fingerprint density at radius 3 is 2.53 bits per heavy atom. The van der Waals surface area contributed by atoms with Crippen molar-refractivity contribution < 1.29 is 13.5 Å². The molecule has 0 spiro atoms. The van der Waals surface area contributed by atoms with E-state index in [-0.39, 0.29) is 22.1 Å². The summed E-state index contributed by atoms with van der Waals surface area (Å²) < 4.78 is 26.7. The van der Waals surface area contributed by atoms with Crippen LogP contribution in [0, 0.1) is 6.92 Å². The molecule has 2 N–H and O–H groups in total. The van der Waals surface area contributed by atoms with Crippen molar-refractivity contribution in [3.8, 4) is 0 Å². The second kappa shape index (κ2) is 5.43. The van der Waals surface area contributed by atoms with Crippen LogP contribution < -0.4 is 0 Å². The zero-order valence-corrected chi connectivity index (χ0v) is 12.9. The number of thioether (sulfide) groups is 1. The second-order valence-corrected chi connectivity index (χ2v) is 8.60. The van der Waals surface area contributed by atoms with Gasteiger partial charge in [0.25, 0.3) is 10.0 Å². The van der Waals surface area contributed by atoms with Crippen LogP contribution in [0.1, 0.15) is 25.1 Å². The number of nitrogens with zero attached hydrogens (tertiary/aromatic N) is 2. The van der Waals surface area contributed by atoms with Gasteiger partial charge in [0.2, 0.25) is 0 Å². The van der Waals surface area contributed by atoms with Crippen molar-refractivity contribution in [2.75, 3.05) is 13.1 Å². The number of aryl methyl sites for hydroxylation is 1. The lowest BCUT2D eigenvalue weighted by atomic mass is 10.3. The van der Waals surface area contributed by atoms with E-state index in [0.29, 0.717) is 24.3 Å². The summed E-state index contributed by atoms with van der Waals surface area (Å²) in [6.45, 7) is 6.37. The number of aliphatic hydroxyl groups excluding tert-OH is 1. The first kappa shape index (κ1) is 14.8. The topological polar surface area (TPSA) is 86.3 Å². The standard InChI is InChI=1S/C11H19N3O3S2/c1-7-4-14(5-8(2)18-7)19(16,17)11-10(6-15)9(3)12-13-11/h7-8,15H,4-6H2,1-3H3,(H,12,13). The maximum Gasteiger partial charge on any atom is 0.262 e. The highest BCUT2D eigenvalue weighted by Gasteiger charge is 2.35. The molecule has 0 saturated carbocycles. The Balaban J connectivity index is 2.36. The van der Waals surface area contributed by atoms with E-state index in [1.165, 1.54) is 4.31 Å². The molecular weight excluding hydrogens is 286 g/mol. The van der Waals surface area contributed by atoms with Gasteiger partial charge in [-0.05, 0) is 6.92 Å². The maximum absolute atomic E-state index is 12.6. The van der Waals surface area contributed by atoms with E-state index in [0.717, 1.165) is 0 Å². The van der Waals surface area contributed by atoms with Crippen LogP contribution in [0.25, 0.3) is 0 Å². The number of rotatable bonds is 3. The van der Waals surface area contributed by atoms with Gasteiger partial charge < -0.3 is 5.11 Å². The fraction of sp³-hybridized carbons (Fsp3) is 0.727. The Kier molecular flexibility index (Phi) is 4.24. The van der Waals surface area contributed by atoms with Crippen molar-refractivity contribution in [3.63, 3.8) is 0 Å². The van der Waals surface area contributed by atoms with Gasteiger partial charge in [-0.3, -0.25) is 5.10 Å². The highest BCUT2D eigenvalue weighted by molar-refractivity contribution is 8.00. The highest BCUT2D eigenvalue weighted by atomic mass is 32.2. The molecule has 1 saturated heterocycles. The third-order valence-corrected chi connectivity index (χ3v) is 6.20. The van der Waals surface area contributed by atoms with Gasteiger partial charge in [-0.25, -0.2) is 8.42 Å². The molecule has 1 aliphatic rings. The molecule has 2 rings (SSSR count). The number of sulfonamides is 1. The minimum absolute atomic E-state index is 0.0428. The SMILES string of the molecule is Cc1[nH]nc(S(=O)(=O)N2CC(C)SC(C)C2)c1CO. The molecule has 2 unspecified atom stereocenters. The fourth-order valence-corrected chi connectivity index (χ4v) is 5.57. The van der Waals surface area contributed by atoms with Gasteiger partial charge in [0.15, 0.2) is 5.03 Å². The normalized spacial score (nSPS) is 25.7. The van der Waals surface area contributed by atoms with Crippen molar-refractivity contribution >= 4 is 21.8 Å². The molecule has 1 aromatic heterocycles. The Bertz CT molecular complexity index is 546. The molecular formula is C11H19N3O3S2. The first-order valence-electron chi connectivity index (χ1n) is 6.16. The molecule has 1 fully saturated rings. The summed E-state index contributed by atoms with van der Waals surface area (Å²) in [7, 11) is -3.63. The summed E-state index contributed by atoms with van der Waals surface area (Å²) in [5.41, 5.74) is 0.951. The summed E-state index contributed by atoms with van der Waals surface area (Å²) in [6.07, 6.45) is 0. The average Bonchev–Trinajstić information content (AvgIpc) is 2.69. The molecule has 0 radical (unpaired) electrons. The summed E-state index contributed by atoms with van der Waals surface area (Å²) in [5, 5.41) is 16.3. The second-order valence-electron chi connectivity index (χ2n) is 4.87. The van der Waals surface area contributed by atoms with Gasteiger partial charge in [0.1, 0.15) is 0 Å². The van der Waals surface area contributed by atoms with Crippen molar-refractivity contribution in [1.29, 1.82) is 0 Å². The summed E-state index contributed by atoms with van der Waals surface area (Å²) in [5.74, 6) is 0. The number of nitrogens with one attached hydrogen (secondary N) is 1. The quantitative estimate of drug-likeness (QED) is 0.859. The fourth-order valence-electron chi connectivity index (χ4n) is 2.28. The lowest BCUT2D eigenvalue weighted by Crippen LogP contribution is -2.44. The number of aliphatic hydroxyl groups is 1. The first-order chi connectivity index (χ1) is 8.86. The summed E-state index contributed by atoms with van der Waals surface area (Å²) in [6, 6.07) is 0. The van der Waals surface area contributed by atoms with Gasteiger partial charge in [-0.1, -0.05) is 13.8 Å². The predicted octanol–water partition coefficient (Wildman–Crippen LogP) is 0.725. The van der Waals surface area contributed by atoms with Crippen LogP contribution >= 0.6 is 11.8 Å². The van der Waals surface area contributed by atoms with Crippen LogP contribution in [0.15, 0.2) is 5.03 Å². The number of hydrogen-bond donors (Lipinski definition) is 2. The van der Waals surface area contributed by atoms with Crippen LogP contribution in [0.2, 0.25) is 0 Å². The number of aromatic amines is 1. The lowest BCUT2D eigenvalue weighted by Gasteiger charge is -2.33. The summed E-state index contributed by atoms with van der Waals surface area (Å²) in [4.78, 5) is 0. The van der Waals surface area contributed by atoms with Gasteiger partial charge in [-0.15, -0.1) is 0 Å². The molecule has 8 heteroatoms. The van der Waals surface area contributed by atoms with E-state index in [4.69, 9.17) is 0 Å². The van der Waals surface area contributed by atoms with E-state index < -0.39 is 10.0 Å². The minimum Gasteiger partial charge on any atom is -0.392 e. The Labute approximate surface area is 117 Å². The Morgan fingerprint density at radius 2 is 2.00 bits per heavy atom. The smallest absolute Gasteiger partial charge is 0.262 e. The van der Waals surface area contributed by atoms with Crippen molar-refractivity contribution in [3.05, 3.63) is 11.3 Å². The van der Waals surface area contributed by atoms with Gasteiger partial charge in [0.05, 0.1) is 6.61 Å². The molecule has 0 aromatic carbocycles. The Morgan fingerprint density at radius 1 is 1.42 bits per heavy atom. The molecule has 0 bridgehead atoms. The van der Waals surface area contributed by atoms with E-state index >= 15 is 0 Å². The molecule has 0 amide bonds. The zero-order chi connectivity index (χ0) is 14.2. The van der Waals surface area contributed by atoms with Gasteiger partial charge >= 0.3 is 0 Å². The molecule has 108 valence electrons. The molecule has 2 atom stereocenters. The van der Waals surface area contributed by atoms with Crippen molar-refractivity contribution in [2.24, 2.45) is 0 Å². The molecule has 6 nitrogen and oxygen atoms in total. The molecule has 1 aromatic rings. The van der Waals surface area contributed by atoms with Crippen LogP contribution in [0.5, 0.6) is 0 Å². The first-order valence-corrected chi connectivity index (χ1v) is 8.54. The maximum atomic E-state index is 12.6. The summed E-state index contributed by atoms with van der Waals surface area (Å²) >= 11 is 1.79. The monoisotopic (exact) mass is 305 g/mol. The van der Waals surface area contributed by atoms with E-state index in [2.05, 4.69) is 10.2 Å². The van der Waals surface area contributed by atoms with E-state index in [1.54, 1.807) is 18.7 Å². The number of aromatic nitrogens is 2. The van der Waals surface area contributed by atoms with Crippen molar-refractivity contribution in [1.82, 2.24) is 14.5 Å². The molecule has 2 heterocycles. The van der Waals surface area contributed by atoms with Gasteiger partial charge in [-0.2, -0.15) is 21.2 Å². The third kappa shape index (κ3) is 2.81. The molecule has 19 heavy (non-hydrogen) atoms. The largest absolute Gasteiger partial charge is 0.392 e. The highest BCUT2D eigenvalue weighted by Crippen LogP contribution is 2.29. The number of H-pyrrole nitrogens is 1. The Hall–Kier alpha value is -0.570. The third-order valence-electron chi connectivity index (χ3n) is 3.16. The van der Waals surface area contributed by atoms with E-state index in [9.17, 15) is 13.5 Å². The van der Waals surface area contributed by atoms with Crippen LogP contribution in [0.4, 0.5) is 0 Å². The minimum atomic E-state index is -3.63. The van der Waals surface area contributed by atoms with Crippen molar-refractivity contribution in [2.45, 2.75) is 42.9 Å². The average molecular weight is 305 g/mol. The number of hydrogen-bond acceptors (Lipinski definition) is 5. The van der Waals surface area contributed by atoms with Crippen LogP contribution in [-0.2, 0) is 16.6 Å². The zero-order valence-electron chi connectivity index (χ0n) is 11.3. The molecule has 0 aliphatic carbocycles. The molecule has 1 aliphatic heterocycles. The van der Waals surface area contributed by atoms with Crippen LogP contribution in [0.3, 0.4) is 0 Å². The van der Waals surface area contributed by atoms with Gasteiger partial charge in [0, 0.05) is 34.8 Å². The van der Waals surface area contributed by atoms with Crippen LogP contribution in [-0.4, -0.2) is 51.6 Å².